The molecule has 0 aromatic heterocycles. The normalized spacial score (nSPS) is 10.1. The van der Waals surface area contributed by atoms with Crippen LogP contribution >= 0.6 is 0 Å². The molecule has 1 amide bonds. The number of hydrogen-bond donors (Lipinski definition) is 2. The third-order valence-electron chi connectivity index (χ3n) is 3.04. The van der Waals surface area contributed by atoms with E-state index in [1.807, 2.05) is 5.32 Å². The lowest BCUT2D eigenvalue weighted by Gasteiger charge is -2.10. The first-order valence-electron chi connectivity index (χ1n) is 6.66. The Morgan fingerprint density at radius 3 is 2.62 bits per heavy atom. The third kappa shape index (κ3) is 4.09. The van der Waals surface area contributed by atoms with Crippen LogP contribution in [0.3, 0.4) is 0 Å². The van der Waals surface area contributed by atoms with Crippen molar-refractivity contribution in [1.82, 2.24) is 5.32 Å². The Morgan fingerprint density at radius 2 is 2.00 bits per heavy atom. The average molecular weight is 336 g/mol. The quantitative estimate of drug-likeness (QED) is 0.618. The van der Waals surface area contributed by atoms with Gasteiger partial charge in [0.1, 0.15) is 11.5 Å². The zero-order valence-corrected chi connectivity index (χ0v) is 12.5. The van der Waals surface area contributed by atoms with E-state index in [4.69, 9.17) is 14.6 Å². The molecule has 2 aromatic carbocycles. The standard InChI is InChI=1S/C15H13FN2O6/c1-23-10-2-4-12(16)14(7-10)24-11-3-5-13(18(21)22)9(6-11)8-17-15(19)20/h2-7,17H,8H2,1H3,(H,19,20). The first-order valence-corrected chi connectivity index (χ1v) is 6.66. The number of nitro benzene ring substituents is 1. The lowest BCUT2D eigenvalue weighted by Crippen LogP contribution is -2.20. The molecule has 2 N–H and O–H groups in total. The number of rotatable bonds is 6. The van der Waals surface area contributed by atoms with Gasteiger partial charge in [-0.3, -0.25) is 10.1 Å². The van der Waals surface area contributed by atoms with Crippen molar-refractivity contribution in [3.63, 3.8) is 0 Å². The molecule has 0 aliphatic heterocycles. The van der Waals surface area contributed by atoms with Gasteiger partial charge < -0.3 is 19.9 Å². The summed E-state index contributed by atoms with van der Waals surface area (Å²) in [6, 6.07) is 7.62. The summed E-state index contributed by atoms with van der Waals surface area (Å²) in [6.07, 6.45) is -1.32. The van der Waals surface area contributed by atoms with Crippen molar-refractivity contribution < 1.29 is 28.7 Å². The summed E-state index contributed by atoms with van der Waals surface area (Å²) in [5.74, 6) is -0.268. The Morgan fingerprint density at radius 1 is 1.29 bits per heavy atom. The van der Waals surface area contributed by atoms with Gasteiger partial charge in [0.25, 0.3) is 5.69 Å². The number of amides is 1. The van der Waals surface area contributed by atoms with Crippen molar-refractivity contribution in [3.05, 3.63) is 57.9 Å². The van der Waals surface area contributed by atoms with Gasteiger partial charge in [-0.15, -0.1) is 0 Å². The van der Waals surface area contributed by atoms with Crippen molar-refractivity contribution in [1.29, 1.82) is 0 Å². The van der Waals surface area contributed by atoms with E-state index in [-0.39, 0.29) is 29.3 Å². The SMILES string of the molecule is COc1ccc(F)c(Oc2ccc([N+](=O)[O-])c(CNC(=O)O)c2)c1. The molecule has 24 heavy (non-hydrogen) atoms. The molecule has 0 unspecified atom stereocenters. The largest absolute Gasteiger partial charge is 0.497 e. The highest BCUT2D eigenvalue weighted by molar-refractivity contribution is 5.64. The molecule has 2 rings (SSSR count). The summed E-state index contributed by atoms with van der Waals surface area (Å²) < 4.78 is 24.1. The summed E-state index contributed by atoms with van der Waals surface area (Å²) >= 11 is 0. The van der Waals surface area contributed by atoms with Gasteiger partial charge in [0.2, 0.25) is 0 Å². The number of nitrogens with zero attached hydrogens (tertiary/aromatic N) is 1. The zero-order valence-electron chi connectivity index (χ0n) is 12.5. The van der Waals surface area contributed by atoms with E-state index < -0.39 is 16.8 Å². The molecule has 0 bridgehead atoms. The van der Waals surface area contributed by atoms with E-state index in [2.05, 4.69) is 0 Å². The molecule has 9 heteroatoms. The number of nitro groups is 1. The molecular weight excluding hydrogens is 323 g/mol. The van der Waals surface area contributed by atoms with Crippen LogP contribution in [0.1, 0.15) is 5.56 Å². The molecule has 0 saturated heterocycles. The van der Waals surface area contributed by atoms with Crippen molar-refractivity contribution >= 4 is 11.8 Å². The summed E-state index contributed by atoms with van der Waals surface area (Å²) in [5.41, 5.74) is -0.189. The van der Waals surface area contributed by atoms with Crippen LogP contribution in [0.15, 0.2) is 36.4 Å². The smallest absolute Gasteiger partial charge is 0.404 e. The Labute approximate surface area is 135 Å². The summed E-state index contributed by atoms with van der Waals surface area (Å²) in [7, 11) is 1.42. The average Bonchev–Trinajstić information content (AvgIpc) is 2.54. The Hall–Kier alpha value is -3.36. The molecule has 126 valence electrons. The number of nitrogens with one attached hydrogen (secondary N) is 1. The van der Waals surface area contributed by atoms with E-state index in [1.54, 1.807) is 0 Å². The second-order valence-corrected chi connectivity index (χ2v) is 4.60. The molecule has 0 saturated carbocycles. The van der Waals surface area contributed by atoms with Crippen LogP contribution < -0.4 is 14.8 Å². The Balaban J connectivity index is 2.32. The monoisotopic (exact) mass is 336 g/mol. The second kappa shape index (κ2) is 7.27. The highest BCUT2D eigenvalue weighted by Crippen LogP contribution is 2.31. The first kappa shape index (κ1) is 17.0. The molecule has 0 fully saturated rings. The number of methoxy groups -OCH3 is 1. The van der Waals surface area contributed by atoms with Gasteiger partial charge in [-0.1, -0.05) is 0 Å². The molecular formula is C15H13FN2O6. The number of halogens is 1. The third-order valence-corrected chi connectivity index (χ3v) is 3.04. The molecule has 0 spiro atoms. The zero-order chi connectivity index (χ0) is 17.7. The maximum absolute atomic E-state index is 13.8. The topological polar surface area (TPSA) is 111 Å². The number of hydrogen-bond acceptors (Lipinski definition) is 5. The highest BCUT2D eigenvalue weighted by Gasteiger charge is 2.16. The predicted octanol–water partition coefficient (Wildman–Crippen LogP) is 3.30. The van der Waals surface area contributed by atoms with E-state index in [0.717, 1.165) is 12.1 Å². The van der Waals surface area contributed by atoms with Crippen LogP contribution in [0.2, 0.25) is 0 Å². The maximum atomic E-state index is 13.8. The van der Waals surface area contributed by atoms with Crippen molar-refractivity contribution in [2.45, 2.75) is 6.54 Å². The number of carboxylic acid groups (broad SMARTS) is 1. The minimum atomic E-state index is -1.32. The molecule has 8 nitrogen and oxygen atoms in total. The van der Waals surface area contributed by atoms with Crippen LogP contribution in [0.4, 0.5) is 14.9 Å². The first-order chi connectivity index (χ1) is 11.4. The fraction of sp³-hybridized carbons (Fsp3) is 0.133. The van der Waals surface area contributed by atoms with Crippen LogP contribution in [0.5, 0.6) is 17.2 Å². The summed E-state index contributed by atoms with van der Waals surface area (Å²) in [6.45, 7) is -0.288. The van der Waals surface area contributed by atoms with E-state index in [9.17, 15) is 19.3 Å². The van der Waals surface area contributed by atoms with Crippen LogP contribution in [0, 0.1) is 15.9 Å². The molecule has 0 aliphatic rings. The molecule has 0 radical (unpaired) electrons. The Bertz CT molecular complexity index is 781. The van der Waals surface area contributed by atoms with Crippen molar-refractivity contribution in [2.24, 2.45) is 0 Å². The van der Waals surface area contributed by atoms with Gasteiger partial charge in [0.15, 0.2) is 11.6 Å². The van der Waals surface area contributed by atoms with Gasteiger partial charge >= 0.3 is 6.09 Å². The number of benzene rings is 2. The van der Waals surface area contributed by atoms with E-state index in [0.29, 0.717) is 5.75 Å². The molecule has 2 aromatic rings. The van der Waals surface area contributed by atoms with E-state index >= 15 is 0 Å². The van der Waals surface area contributed by atoms with Crippen LogP contribution in [-0.2, 0) is 6.54 Å². The molecule has 0 aliphatic carbocycles. The van der Waals surface area contributed by atoms with Crippen LogP contribution in [-0.4, -0.2) is 23.2 Å². The fourth-order valence-corrected chi connectivity index (χ4v) is 1.93. The lowest BCUT2D eigenvalue weighted by atomic mass is 10.1. The van der Waals surface area contributed by atoms with E-state index in [1.165, 1.54) is 31.4 Å². The summed E-state index contributed by atoms with van der Waals surface area (Å²) in [4.78, 5) is 20.9. The van der Waals surface area contributed by atoms with Gasteiger partial charge in [0.05, 0.1) is 24.1 Å². The number of carbonyl (C=O) groups is 1. The minimum absolute atomic E-state index is 0.0863. The van der Waals surface area contributed by atoms with Crippen LogP contribution in [0.25, 0.3) is 0 Å². The maximum Gasteiger partial charge on any atom is 0.404 e. The summed E-state index contributed by atoms with van der Waals surface area (Å²) in [5, 5.41) is 21.7. The minimum Gasteiger partial charge on any atom is -0.497 e. The fourth-order valence-electron chi connectivity index (χ4n) is 1.93. The number of ether oxygens (including phenoxy) is 2. The van der Waals surface area contributed by atoms with Gasteiger partial charge in [-0.2, -0.15) is 0 Å². The van der Waals surface area contributed by atoms with Crippen molar-refractivity contribution in [2.75, 3.05) is 7.11 Å². The second-order valence-electron chi connectivity index (χ2n) is 4.60. The molecule has 0 atom stereocenters. The van der Waals surface area contributed by atoms with Gasteiger partial charge in [-0.25, -0.2) is 9.18 Å². The highest BCUT2D eigenvalue weighted by atomic mass is 19.1. The predicted molar refractivity (Wildman–Crippen MR) is 81.0 cm³/mol. The Kier molecular flexibility index (Phi) is 5.15. The molecule has 0 heterocycles. The van der Waals surface area contributed by atoms with Gasteiger partial charge in [-0.05, 0) is 24.3 Å². The van der Waals surface area contributed by atoms with Gasteiger partial charge in [0, 0.05) is 12.1 Å². The van der Waals surface area contributed by atoms with Crippen molar-refractivity contribution in [3.8, 4) is 17.2 Å². The lowest BCUT2D eigenvalue weighted by molar-refractivity contribution is -0.385.